The van der Waals surface area contributed by atoms with Gasteiger partial charge in [0.05, 0.1) is 12.6 Å². The number of halogens is 2. The maximum absolute atomic E-state index is 14.2. The van der Waals surface area contributed by atoms with Crippen LogP contribution >= 0.6 is 0 Å². The summed E-state index contributed by atoms with van der Waals surface area (Å²) in [7, 11) is 0. The van der Waals surface area contributed by atoms with Gasteiger partial charge in [0.25, 0.3) is 11.8 Å². The van der Waals surface area contributed by atoms with E-state index >= 15 is 0 Å². The lowest BCUT2D eigenvalue weighted by atomic mass is 9.75. The third-order valence-electron chi connectivity index (χ3n) is 7.82. The number of hydrogen-bond donors (Lipinski definition) is 4. The van der Waals surface area contributed by atoms with Crippen LogP contribution in [-0.2, 0) is 4.79 Å². The molecule has 1 spiro atoms. The van der Waals surface area contributed by atoms with Gasteiger partial charge in [-0.15, -0.1) is 0 Å². The zero-order valence-corrected chi connectivity index (χ0v) is 23.8. The van der Waals surface area contributed by atoms with E-state index in [0.717, 1.165) is 30.9 Å². The lowest BCUT2D eigenvalue weighted by Gasteiger charge is -2.47. The molecular formula is C30H39F2N7O2. The van der Waals surface area contributed by atoms with Crippen molar-refractivity contribution in [2.45, 2.75) is 71.0 Å². The minimum Gasteiger partial charge on any atom is -0.384 e. The van der Waals surface area contributed by atoms with Gasteiger partial charge in [-0.2, -0.15) is 5.10 Å². The number of carbonyl (C=O) groups excluding carboxylic acids is 2. The fourth-order valence-electron chi connectivity index (χ4n) is 6.36. The lowest BCUT2D eigenvalue weighted by Crippen LogP contribution is -2.52. The van der Waals surface area contributed by atoms with E-state index in [1.54, 1.807) is 12.1 Å². The van der Waals surface area contributed by atoms with Crippen molar-refractivity contribution in [1.29, 1.82) is 0 Å². The fraction of sp³-hybridized carbons (Fsp3) is 0.467. The van der Waals surface area contributed by atoms with Gasteiger partial charge >= 0.3 is 0 Å². The number of hydrazone groups is 1. The van der Waals surface area contributed by atoms with E-state index in [1.807, 2.05) is 17.0 Å². The summed E-state index contributed by atoms with van der Waals surface area (Å²) in [5, 5.41) is 6.30. The Bertz CT molecular complexity index is 1300. The van der Waals surface area contributed by atoms with Crippen LogP contribution in [0.1, 0.15) is 86.8 Å². The number of benzene rings is 2. The van der Waals surface area contributed by atoms with Gasteiger partial charge in [-0.1, -0.05) is 45.7 Å². The Kier molecular flexibility index (Phi) is 9.37. The summed E-state index contributed by atoms with van der Waals surface area (Å²) in [5.41, 5.74) is 8.44. The number of hydrazine groups is 1. The zero-order chi connectivity index (χ0) is 29.7. The topological polar surface area (TPSA) is 138 Å². The number of nitrogens with zero attached hydrogens (tertiary/aromatic N) is 3. The smallest absolute Gasteiger partial charge is 0.275 e. The van der Waals surface area contributed by atoms with Gasteiger partial charge in [0.2, 0.25) is 0 Å². The molecule has 3 atom stereocenters. The molecule has 1 saturated carbocycles. The van der Waals surface area contributed by atoms with E-state index in [2.05, 4.69) is 36.7 Å². The Balaban J connectivity index is 1.71. The van der Waals surface area contributed by atoms with Crippen molar-refractivity contribution >= 4 is 23.4 Å². The van der Waals surface area contributed by atoms with E-state index < -0.39 is 17.3 Å². The number of carbonyl (C=O) groups is 2. The molecule has 6 N–H and O–H groups in total. The number of amides is 2. The molecule has 2 aromatic carbocycles. The van der Waals surface area contributed by atoms with Crippen LogP contribution in [0.4, 0.5) is 8.78 Å². The predicted octanol–water partition coefficient (Wildman–Crippen LogP) is 4.15. The molecule has 1 fully saturated rings. The Morgan fingerprint density at radius 1 is 1.15 bits per heavy atom. The Morgan fingerprint density at radius 3 is 2.37 bits per heavy atom. The molecule has 220 valence electrons. The predicted molar refractivity (Wildman–Crippen MR) is 155 cm³/mol. The van der Waals surface area contributed by atoms with Crippen molar-refractivity contribution in [3.63, 3.8) is 0 Å². The largest absolute Gasteiger partial charge is 0.384 e. The minimum atomic E-state index is -0.825. The van der Waals surface area contributed by atoms with Gasteiger partial charge in [0.1, 0.15) is 28.8 Å². The van der Waals surface area contributed by atoms with E-state index in [1.165, 1.54) is 12.1 Å². The van der Waals surface area contributed by atoms with Gasteiger partial charge in [-0.3, -0.25) is 14.6 Å². The van der Waals surface area contributed by atoms with Crippen LogP contribution in [0.5, 0.6) is 0 Å². The average Bonchev–Trinajstić information content (AvgIpc) is 3.17. The van der Waals surface area contributed by atoms with E-state index in [4.69, 9.17) is 16.6 Å². The first kappa shape index (κ1) is 30.1. The average molecular weight is 568 g/mol. The molecule has 3 unspecified atom stereocenters. The van der Waals surface area contributed by atoms with E-state index in [0.29, 0.717) is 36.7 Å². The molecule has 1 aliphatic carbocycles. The second-order valence-corrected chi connectivity index (χ2v) is 11.3. The molecule has 0 aromatic heterocycles. The monoisotopic (exact) mass is 567 g/mol. The Labute approximate surface area is 239 Å². The maximum atomic E-state index is 14.2. The fourth-order valence-corrected chi connectivity index (χ4v) is 6.36. The lowest BCUT2D eigenvalue weighted by molar-refractivity contribution is -0.134. The molecule has 0 radical (unpaired) electrons. The van der Waals surface area contributed by atoms with Gasteiger partial charge in [-0.25, -0.2) is 20.2 Å². The summed E-state index contributed by atoms with van der Waals surface area (Å²) in [6.45, 7) is 6.42. The third kappa shape index (κ3) is 6.73. The summed E-state index contributed by atoms with van der Waals surface area (Å²) in [6.07, 6.45) is 4.79. The molecule has 9 nitrogen and oxygen atoms in total. The maximum Gasteiger partial charge on any atom is 0.275 e. The van der Waals surface area contributed by atoms with Crippen LogP contribution in [0, 0.1) is 23.5 Å². The molecule has 1 aliphatic heterocycles. The molecule has 0 bridgehead atoms. The van der Waals surface area contributed by atoms with Crippen LogP contribution in [0.2, 0.25) is 0 Å². The number of nitrogens with two attached hydrogens (primary N) is 2. The number of rotatable bonds is 10. The zero-order valence-electron chi connectivity index (χ0n) is 23.8. The molecule has 2 amide bonds. The summed E-state index contributed by atoms with van der Waals surface area (Å²) < 4.78 is 28.4. The van der Waals surface area contributed by atoms with E-state index in [9.17, 15) is 18.4 Å². The van der Waals surface area contributed by atoms with Gasteiger partial charge in [0.15, 0.2) is 0 Å². The molecule has 1 heterocycles. The highest BCUT2D eigenvalue weighted by atomic mass is 19.1. The highest BCUT2D eigenvalue weighted by Crippen LogP contribution is 2.48. The van der Waals surface area contributed by atoms with Gasteiger partial charge < -0.3 is 16.0 Å². The van der Waals surface area contributed by atoms with Gasteiger partial charge in [0, 0.05) is 17.2 Å². The standard InChI is InChI=1S/C30H39F2N7O2/c1-4-5-6-25(20-7-9-21(10-8-20)28(40)35-17-26(33)37-38-34)39-29(41)27(22-12-23(31)14-24(32)13-22)36-30(39)15-18(2)11-19(3)16-30/h7-10,12-14,18-19,25,38H,4-6,11,15-17,34H2,1-3H3,(H2,33,37)(H,35,40). The van der Waals surface area contributed by atoms with Crippen LogP contribution in [0.15, 0.2) is 52.6 Å². The summed E-state index contributed by atoms with van der Waals surface area (Å²) in [4.78, 5) is 33.8. The Hall–Kier alpha value is -3.86. The number of amidine groups is 1. The summed E-state index contributed by atoms with van der Waals surface area (Å²) >= 11 is 0. The molecular weight excluding hydrogens is 528 g/mol. The molecule has 2 aliphatic rings. The minimum absolute atomic E-state index is 0.0197. The number of nitrogens with one attached hydrogen (secondary N) is 2. The van der Waals surface area contributed by atoms with Crippen molar-refractivity contribution in [3.8, 4) is 0 Å². The third-order valence-corrected chi connectivity index (χ3v) is 7.82. The normalized spacial score (nSPS) is 23.5. The first-order valence-electron chi connectivity index (χ1n) is 14.1. The SMILES string of the molecule is CCCCC(c1ccc(C(=O)NCC(N)=NNN)cc1)N1C(=O)C(c2cc(F)cc(F)c2)=NC12CC(C)CC(C)C2. The van der Waals surface area contributed by atoms with Crippen molar-refractivity contribution in [2.24, 2.45) is 33.5 Å². The van der Waals surface area contributed by atoms with Gasteiger partial charge in [-0.05, 0) is 67.3 Å². The second-order valence-electron chi connectivity index (χ2n) is 11.3. The number of hydrogen-bond acceptors (Lipinski definition) is 6. The summed E-state index contributed by atoms with van der Waals surface area (Å²) in [5.74, 6) is 3.68. The van der Waals surface area contributed by atoms with Crippen molar-refractivity contribution in [2.75, 3.05) is 6.54 Å². The molecule has 2 aromatic rings. The Morgan fingerprint density at radius 2 is 1.78 bits per heavy atom. The summed E-state index contributed by atoms with van der Waals surface area (Å²) in [6, 6.07) is 9.91. The molecule has 41 heavy (non-hydrogen) atoms. The first-order valence-corrected chi connectivity index (χ1v) is 14.1. The van der Waals surface area contributed by atoms with E-state index in [-0.39, 0.29) is 41.5 Å². The molecule has 4 rings (SSSR count). The number of aliphatic imine (C=N–C) groups is 1. The quantitative estimate of drug-likeness (QED) is 0.148. The highest BCUT2D eigenvalue weighted by molar-refractivity contribution is 6.46. The van der Waals surface area contributed by atoms with Crippen molar-refractivity contribution in [3.05, 3.63) is 70.8 Å². The highest BCUT2D eigenvalue weighted by Gasteiger charge is 2.53. The van der Waals surface area contributed by atoms with Crippen molar-refractivity contribution in [1.82, 2.24) is 15.8 Å². The van der Waals surface area contributed by atoms with Crippen LogP contribution in [0.25, 0.3) is 0 Å². The van der Waals surface area contributed by atoms with Crippen LogP contribution in [0.3, 0.4) is 0 Å². The van der Waals surface area contributed by atoms with Crippen LogP contribution < -0.4 is 22.4 Å². The molecule has 0 saturated heterocycles. The first-order chi connectivity index (χ1) is 19.6. The van der Waals surface area contributed by atoms with Crippen molar-refractivity contribution < 1.29 is 18.4 Å². The molecule has 11 heteroatoms. The second kappa shape index (κ2) is 12.8. The number of unbranched alkanes of at least 4 members (excludes halogenated alkanes) is 1. The van der Waals surface area contributed by atoms with Crippen LogP contribution in [-0.4, -0.2) is 40.5 Å².